The van der Waals surface area contributed by atoms with E-state index in [2.05, 4.69) is 51.5 Å². The van der Waals surface area contributed by atoms with Gasteiger partial charge >= 0.3 is 0 Å². The molecule has 2 aromatic carbocycles. The Morgan fingerprint density at radius 2 is 1.39 bits per heavy atom. The van der Waals surface area contributed by atoms with E-state index in [9.17, 15) is 9.59 Å². The van der Waals surface area contributed by atoms with E-state index in [1.807, 2.05) is 30.0 Å². The fraction of sp³-hybridized carbons (Fsp3) is 0.462. The first-order valence-electron chi connectivity index (χ1n) is 11.8. The van der Waals surface area contributed by atoms with E-state index in [1.54, 1.807) is 0 Å². The van der Waals surface area contributed by atoms with Crippen LogP contribution in [0.2, 0.25) is 0 Å². The summed E-state index contributed by atoms with van der Waals surface area (Å²) in [7, 11) is 0. The Kier molecular flexibility index (Phi) is 8.10. The number of hydrogen-bond donors (Lipinski definition) is 1. The molecule has 2 aromatic rings. The van der Waals surface area contributed by atoms with Crippen molar-refractivity contribution < 1.29 is 14.3 Å². The molecule has 0 saturated carbocycles. The second kappa shape index (κ2) is 11.4. The number of ether oxygens (including phenoxy) is 1. The minimum absolute atomic E-state index is 0.0347. The first kappa shape index (κ1) is 23.4. The smallest absolute Gasteiger partial charge is 0.236 e. The molecule has 1 atom stereocenters. The lowest BCUT2D eigenvalue weighted by molar-refractivity contribution is -0.137. The highest BCUT2D eigenvalue weighted by molar-refractivity contribution is 5.79. The van der Waals surface area contributed by atoms with Gasteiger partial charge in [-0.25, -0.2) is 0 Å². The molecule has 2 fully saturated rings. The van der Waals surface area contributed by atoms with E-state index in [4.69, 9.17) is 4.74 Å². The van der Waals surface area contributed by atoms with Gasteiger partial charge in [-0.05, 0) is 23.6 Å². The molecule has 0 unspecified atom stereocenters. The predicted octanol–water partition coefficient (Wildman–Crippen LogP) is 2.01. The van der Waals surface area contributed by atoms with Crippen LogP contribution in [0.4, 0.5) is 0 Å². The summed E-state index contributed by atoms with van der Waals surface area (Å²) in [6.07, 6.45) is 0. The van der Waals surface area contributed by atoms with Gasteiger partial charge in [0.1, 0.15) is 0 Å². The van der Waals surface area contributed by atoms with E-state index in [0.717, 1.165) is 31.7 Å². The lowest BCUT2D eigenvalue weighted by atomic mass is 10.0. The maximum atomic E-state index is 12.6. The Morgan fingerprint density at radius 1 is 0.818 bits per heavy atom. The number of nitrogens with one attached hydrogen (secondary N) is 1. The summed E-state index contributed by atoms with van der Waals surface area (Å²) in [5.41, 5.74) is 3.45. The standard InChI is InChI=1S/C26H34N4O3/c1-21(22-7-9-24(10-8-22)23-5-3-2-4-6-23)27-25(31)19-28-11-13-29(14-12-28)20-26(32)30-15-17-33-18-16-30/h2-10,21H,11-20H2,1H3,(H,27,31)/t21-/m1/s1. The zero-order valence-electron chi connectivity index (χ0n) is 19.4. The Hall–Kier alpha value is -2.74. The van der Waals surface area contributed by atoms with Gasteiger partial charge in [-0.3, -0.25) is 19.4 Å². The van der Waals surface area contributed by atoms with Crippen molar-refractivity contribution in [3.63, 3.8) is 0 Å². The molecule has 2 saturated heterocycles. The van der Waals surface area contributed by atoms with Crippen molar-refractivity contribution >= 4 is 11.8 Å². The van der Waals surface area contributed by atoms with Gasteiger partial charge in [0.05, 0.1) is 32.3 Å². The molecule has 2 aliphatic heterocycles. The van der Waals surface area contributed by atoms with Crippen molar-refractivity contribution in [1.29, 1.82) is 0 Å². The highest BCUT2D eigenvalue weighted by Crippen LogP contribution is 2.21. The first-order chi connectivity index (χ1) is 16.1. The molecule has 0 radical (unpaired) electrons. The first-order valence-corrected chi connectivity index (χ1v) is 11.8. The van der Waals surface area contributed by atoms with E-state index in [1.165, 1.54) is 11.1 Å². The molecule has 176 valence electrons. The van der Waals surface area contributed by atoms with Crippen LogP contribution in [0.5, 0.6) is 0 Å². The monoisotopic (exact) mass is 450 g/mol. The molecule has 0 bridgehead atoms. The molecule has 0 spiro atoms. The third-order valence-electron chi connectivity index (χ3n) is 6.45. The SMILES string of the molecule is C[C@@H](NC(=O)CN1CCN(CC(=O)N2CCOCC2)CC1)c1ccc(-c2ccccc2)cc1. The number of carbonyl (C=O) groups is 2. The van der Waals surface area contributed by atoms with Crippen LogP contribution in [0.15, 0.2) is 54.6 Å². The van der Waals surface area contributed by atoms with Crippen LogP contribution >= 0.6 is 0 Å². The Morgan fingerprint density at radius 3 is 2.03 bits per heavy atom. The number of rotatable bonds is 7. The van der Waals surface area contributed by atoms with Crippen molar-refractivity contribution in [2.75, 3.05) is 65.6 Å². The van der Waals surface area contributed by atoms with Crippen LogP contribution in [-0.4, -0.2) is 92.1 Å². The van der Waals surface area contributed by atoms with Crippen LogP contribution in [0.3, 0.4) is 0 Å². The summed E-state index contributed by atoms with van der Waals surface area (Å²) < 4.78 is 5.32. The fourth-order valence-corrected chi connectivity index (χ4v) is 4.38. The Balaban J connectivity index is 1.19. The minimum Gasteiger partial charge on any atom is -0.378 e. The number of morpholine rings is 1. The molecule has 7 heteroatoms. The number of hydrogen-bond acceptors (Lipinski definition) is 5. The molecule has 0 aliphatic carbocycles. The molecule has 4 rings (SSSR count). The molecule has 1 N–H and O–H groups in total. The van der Waals surface area contributed by atoms with Crippen LogP contribution in [0.1, 0.15) is 18.5 Å². The Labute approximate surface area is 196 Å². The minimum atomic E-state index is -0.0465. The fourth-order valence-electron chi connectivity index (χ4n) is 4.38. The third kappa shape index (κ3) is 6.63. The van der Waals surface area contributed by atoms with Crippen molar-refractivity contribution in [2.45, 2.75) is 13.0 Å². The van der Waals surface area contributed by atoms with Gasteiger partial charge in [-0.2, -0.15) is 0 Å². The number of carbonyl (C=O) groups excluding carboxylic acids is 2. The highest BCUT2D eigenvalue weighted by atomic mass is 16.5. The van der Waals surface area contributed by atoms with Gasteiger partial charge in [0.15, 0.2) is 0 Å². The quantitative estimate of drug-likeness (QED) is 0.699. The average Bonchev–Trinajstić information content (AvgIpc) is 2.86. The molecule has 2 heterocycles. The van der Waals surface area contributed by atoms with Gasteiger partial charge < -0.3 is 15.0 Å². The third-order valence-corrected chi connectivity index (χ3v) is 6.45. The summed E-state index contributed by atoms with van der Waals surface area (Å²) >= 11 is 0. The molecule has 0 aromatic heterocycles. The zero-order chi connectivity index (χ0) is 23.0. The molecule has 33 heavy (non-hydrogen) atoms. The second-order valence-corrected chi connectivity index (χ2v) is 8.82. The normalized spacial score (nSPS) is 18.6. The number of amides is 2. The summed E-state index contributed by atoms with van der Waals surface area (Å²) in [6.45, 7) is 8.69. The van der Waals surface area contributed by atoms with Crippen molar-refractivity contribution in [1.82, 2.24) is 20.0 Å². The Bertz CT molecular complexity index is 905. The zero-order valence-corrected chi connectivity index (χ0v) is 19.4. The lowest BCUT2D eigenvalue weighted by Gasteiger charge is -2.35. The molecular formula is C26H34N4O3. The van der Waals surface area contributed by atoms with Crippen LogP contribution in [-0.2, 0) is 14.3 Å². The van der Waals surface area contributed by atoms with Crippen LogP contribution in [0, 0.1) is 0 Å². The van der Waals surface area contributed by atoms with Crippen LogP contribution in [0.25, 0.3) is 11.1 Å². The van der Waals surface area contributed by atoms with E-state index in [0.29, 0.717) is 39.4 Å². The highest BCUT2D eigenvalue weighted by Gasteiger charge is 2.24. The second-order valence-electron chi connectivity index (χ2n) is 8.82. The molecule has 2 amide bonds. The summed E-state index contributed by atoms with van der Waals surface area (Å²) in [5.74, 6) is 0.212. The topological polar surface area (TPSA) is 65.1 Å². The lowest BCUT2D eigenvalue weighted by Crippen LogP contribution is -2.53. The molecule has 7 nitrogen and oxygen atoms in total. The maximum absolute atomic E-state index is 12.6. The molecule has 2 aliphatic rings. The van der Waals surface area contributed by atoms with Gasteiger partial charge in [0.25, 0.3) is 0 Å². The largest absolute Gasteiger partial charge is 0.378 e. The molecular weight excluding hydrogens is 416 g/mol. The summed E-state index contributed by atoms with van der Waals surface area (Å²) in [4.78, 5) is 31.3. The van der Waals surface area contributed by atoms with E-state index >= 15 is 0 Å². The maximum Gasteiger partial charge on any atom is 0.236 e. The van der Waals surface area contributed by atoms with Gasteiger partial charge in [-0.15, -0.1) is 0 Å². The van der Waals surface area contributed by atoms with E-state index < -0.39 is 0 Å². The summed E-state index contributed by atoms with van der Waals surface area (Å²) in [5, 5.41) is 3.12. The summed E-state index contributed by atoms with van der Waals surface area (Å²) in [6, 6.07) is 18.6. The average molecular weight is 451 g/mol. The number of benzene rings is 2. The van der Waals surface area contributed by atoms with Crippen molar-refractivity contribution in [2.24, 2.45) is 0 Å². The van der Waals surface area contributed by atoms with Crippen LogP contribution < -0.4 is 5.32 Å². The van der Waals surface area contributed by atoms with Crippen molar-refractivity contribution in [3.05, 3.63) is 60.2 Å². The number of nitrogens with zero attached hydrogens (tertiary/aromatic N) is 3. The van der Waals surface area contributed by atoms with Gasteiger partial charge in [0, 0.05) is 39.3 Å². The van der Waals surface area contributed by atoms with Gasteiger partial charge in [-0.1, -0.05) is 54.6 Å². The number of piperazine rings is 1. The van der Waals surface area contributed by atoms with Crippen molar-refractivity contribution in [3.8, 4) is 11.1 Å². The van der Waals surface area contributed by atoms with Gasteiger partial charge in [0.2, 0.25) is 11.8 Å². The van der Waals surface area contributed by atoms with E-state index in [-0.39, 0.29) is 17.9 Å². The predicted molar refractivity (Wildman–Crippen MR) is 129 cm³/mol.